The van der Waals surface area contributed by atoms with Gasteiger partial charge in [0.15, 0.2) is 5.84 Å². The van der Waals surface area contributed by atoms with Crippen LogP contribution in [0.5, 0.6) is 0 Å². The lowest BCUT2D eigenvalue weighted by molar-refractivity contribution is -0.129. The number of piperidine rings is 1. The SMILES string of the molecule is CC(=O)C1CCN(C(=O)C2=NC3C=CC=CC3N2)CC1. The topological polar surface area (TPSA) is 61.8 Å². The number of amides is 1. The van der Waals surface area contributed by atoms with E-state index in [1.54, 1.807) is 11.8 Å². The lowest BCUT2D eigenvalue weighted by Crippen LogP contribution is -2.47. The number of fused-ring (bicyclic) bond motifs is 1. The number of hydrogen-bond acceptors (Lipinski definition) is 4. The van der Waals surface area contributed by atoms with E-state index in [0.717, 1.165) is 12.8 Å². The van der Waals surface area contributed by atoms with Crippen LogP contribution >= 0.6 is 0 Å². The Labute approximate surface area is 118 Å². The van der Waals surface area contributed by atoms with Gasteiger partial charge in [-0.05, 0) is 19.8 Å². The number of likely N-dealkylation sites (tertiary alicyclic amines) is 1. The first-order valence-corrected chi connectivity index (χ1v) is 7.14. The van der Waals surface area contributed by atoms with E-state index in [2.05, 4.69) is 10.3 Å². The fraction of sp³-hybridized carbons (Fsp3) is 0.533. The number of nitrogens with one attached hydrogen (secondary N) is 1. The minimum absolute atomic E-state index is 0.0358. The summed E-state index contributed by atoms with van der Waals surface area (Å²) in [6.45, 7) is 2.92. The second-order valence-corrected chi connectivity index (χ2v) is 5.59. The van der Waals surface area contributed by atoms with Crippen LogP contribution < -0.4 is 5.32 Å². The van der Waals surface area contributed by atoms with Gasteiger partial charge in [-0.2, -0.15) is 0 Å². The molecule has 0 aromatic carbocycles. The number of amidine groups is 1. The maximum absolute atomic E-state index is 12.4. The van der Waals surface area contributed by atoms with Gasteiger partial charge < -0.3 is 10.2 Å². The van der Waals surface area contributed by atoms with Crippen molar-refractivity contribution in [2.75, 3.05) is 13.1 Å². The van der Waals surface area contributed by atoms with Crippen LogP contribution in [0.25, 0.3) is 0 Å². The first-order valence-electron chi connectivity index (χ1n) is 7.14. The molecule has 0 aromatic rings. The fourth-order valence-electron chi connectivity index (χ4n) is 2.95. The van der Waals surface area contributed by atoms with Gasteiger partial charge in [-0.25, -0.2) is 0 Å². The molecule has 2 atom stereocenters. The molecule has 1 saturated heterocycles. The maximum atomic E-state index is 12.4. The van der Waals surface area contributed by atoms with Crippen LogP contribution in [0.3, 0.4) is 0 Å². The average Bonchev–Trinajstić information content (AvgIpc) is 2.90. The Kier molecular flexibility index (Phi) is 3.42. The zero-order valence-electron chi connectivity index (χ0n) is 11.6. The predicted octanol–water partition coefficient (Wildman–Crippen LogP) is 0.679. The Bertz CT molecular complexity index is 513. The number of ketones is 1. The summed E-state index contributed by atoms with van der Waals surface area (Å²) in [5.41, 5.74) is 0. The highest BCUT2D eigenvalue weighted by atomic mass is 16.2. The lowest BCUT2D eigenvalue weighted by atomic mass is 9.93. The van der Waals surface area contributed by atoms with Crippen molar-refractivity contribution in [1.82, 2.24) is 10.2 Å². The van der Waals surface area contributed by atoms with Crippen LogP contribution in [0.15, 0.2) is 29.3 Å². The normalized spacial score (nSPS) is 28.9. The highest BCUT2D eigenvalue weighted by molar-refractivity contribution is 6.38. The van der Waals surface area contributed by atoms with Gasteiger partial charge >= 0.3 is 0 Å². The Morgan fingerprint density at radius 1 is 1.25 bits per heavy atom. The molecule has 0 spiro atoms. The molecule has 3 rings (SSSR count). The summed E-state index contributed by atoms with van der Waals surface area (Å²) >= 11 is 0. The van der Waals surface area contributed by atoms with E-state index in [9.17, 15) is 9.59 Å². The Morgan fingerprint density at radius 3 is 2.60 bits per heavy atom. The third-order valence-corrected chi connectivity index (χ3v) is 4.25. The molecule has 3 aliphatic rings. The highest BCUT2D eigenvalue weighted by Crippen LogP contribution is 2.20. The van der Waals surface area contributed by atoms with Crippen LogP contribution in [-0.2, 0) is 9.59 Å². The number of carbonyl (C=O) groups excluding carboxylic acids is 2. The first-order chi connectivity index (χ1) is 9.65. The maximum Gasteiger partial charge on any atom is 0.288 e. The number of hydrogen-bond donors (Lipinski definition) is 1. The molecule has 0 aromatic heterocycles. The van der Waals surface area contributed by atoms with E-state index in [0.29, 0.717) is 18.9 Å². The summed E-state index contributed by atoms with van der Waals surface area (Å²) < 4.78 is 0. The average molecular weight is 273 g/mol. The van der Waals surface area contributed by atoms with Crippen molar-refractivity contribution < 1.29 is 9.59 Å². The molecule has 106 valence electrons. The monoisotopic (exact) mass is 273 g/mol. The quantitative estimate of drug-likeness (QED) is 0.805. The number of Topliss-reactive ketones (excluding diaryl/α,β-unsaturated/α-hetero) is 1. The summed E-state index contributed by atoms with van der Waals surface area (Å²) in [5.74, 6) is 0.765. The number of aliphatic imine (C=N–C) groups is 1. The predicted molar refractivity (Wildman–Crippen MR) is 76.4 cm³/mol. The third kappa shape index (κ3) is 2.40. The van der Waals surface area contributed by atoms with E-state index in [1.807, 2.05) is 24.3 Å². The van der Waals surface area contributed by atoms with Gasteiger partial charge in [-0.1, -0.05) is 24.3 Å². The molecule has 1 fully saturated rings. The zero-order valence-corrected chi connectivity index (χ0v) is 11.6. The number of allylic oxidation sites excluding steroid dienone is 2. The van der Waals surface area contributed by atoms with Crippen LogP contribution in [-0.4, -0.2) is 47.6 Å². The molecule has 1 amide bonds. The minimum atomic E-state index is -0.0387. The first kappa shape index (κ1) is 13.1. The van der Waals surface area contributed by atoms with Crippen molar-refractivity contribution in [3.05, 3.63) is 24.3 Å². The van der Waals surface area contributed by atoms with E-state index in [-0.39, 0.29) is 29.7 Å². The molecule has 1 aliphatic carbocycles. The second kappa shape index (κ2) is 5.23. The van der Waals surface area contributed by atoms with Crippen molar-refractivity contribution in [2.24, 2.45) is 10.9 Å². The second-order valence-electron chi connectivity index (χ2n) is 5.59. The molecule has 2 aliphatic heterocycles. The molecular formula is C15H19N3O2. The summed E-state index contributed by atoms with van der Waals surface area (Å²) in [5, 5.41) is 3.18. The molecule has 0 radical (unpaired) electrons. The zero-order chi connectivity index (χ0) is 14.1. The Balaban J connectivity index is 1.62. The summed E-state index contributed by atoms with van der Waals surface area (Å²) in [6, 6.07) is 0.141. The van der Waals surface area contributed by atoms with Crippen molar-refractivity contribution in [3.8, 4) is 0 Å². The van der Waals surface area contributed by atoms with E-state index < -0.39 is 0 Å². The van der Waals surface area contributed by atoms with Gasteiger partial charge in [0, 0.05) is 19.0 Å². The molecular weight excluding hydrogens is 254 g/mol. The molecule has 2 heterocycles. The van der Waals surface area contributed by atoms with Gasteiger partial charge in [-0.15, -0.1) is 0 Å². The van der Waals surface area contributed by atoms with Gasteiger partial charge in [0.2, 0.25) is 0 Å². The molecule has 1 N–H and O–H groups in total. The van der Waals surface area contributed by atoms with Crippen molar-refractivity contribution in [2.45, 2.75) is 31.8 Å². The van der Waals surface area contributed by atoms with Crippen molar-refractivity contribution in [1.29, 1.82) is 0 Å². The number of carbonyl (C=O) groups is 2. The van der Waals surface area contributed by atoms with E-state index >= 15 is 0 Å². The molecule has 20 heavy (non-hydrogen) atoms. The molecule has 5 nitrogen and oxygen atoms in total. The molecule has 5 heteroatoms. The Morgan fingerprint density at radius 2 is 1.95 bits per heavy atom. The van der Waals surface area contributed by atoms with Crippen LogP contribution in [0.4, 0.5) is 0 Å². The minimum Gasteiger partial charge on any atom is -0.357 e. The van der Waals surface area contributed by atoms with Crippen LogP contribution in [0.2, 0.25) is 0 Å². The van der Waals surface area contributed by atoms with Crippen molar-refractivity contribution in [3.63, 3.8) is 0 Å². The highest BCUT2D eigenvalue weighted by Gasteiger charge is 2.33. The number of rotatable bonds is 2. The van der Waals surface area contributed by atoms with Gasteiger partial charge in [0.1, 0.15) is 5.78 Å². The van der Waals surface area contributed by atoms with Crippen LogP contribution in [0, 0.1) is 5.92 Å². The Hall–Kier alpha value is -1.91. The summed E-state index contributed by atoms with van der Waals surface area (Å²) in [7, 11) is 0. The molecule has 2 unspecified atom stereocenters. The third-order valence-electron chi connectivity index (χ3n) is 4.25. The van der Waals surface area contributed by atoms with Gasteiger partial charge in [-0.3, -0.25) is 14.6 Å². The summed E-state index contributed by atoms with van der Waals surface area (Å²) in [6.07, 6.45) is 9.48. The summed E-state index contributed by atoms with van der Waals surface area (Å²) in [4.78, 5) is 30.0. The molecule has 0 saturated carbocycles. The standard InChI is InChI=1S/C15H19N3O2/c1-10(19)11-6-8-18(9-7-11)15(20)14-16-12-4-2-3-5-13(12)17-14/h2-5,11-13H,6-9H2,1H3,(H,16,17). The van der Waals surface area contributed by atoms with Gasteiger partial charge in [0.25, 0.3) is 5.91 Å². The fourth-order valence-corrected chi connectivity index (χ4v) is 2.95. The largest absolute Gasteiger partial charge is 0.357 e. The van der Waals surface area contributed by atoms with Crippen molar-refractivity contribution >= 4 is 17.5 Å². The van der Waals surface area contributed by atoms with Crippen LogP contribution in [0.1, 0.15) is 19.8 Å². The number of nitrogens with zero attached hydrogens (tertiary/aromatic N) is 2. The van der Waals surface area contributed by atoms with E-state index in [4.69, 9.17) is 0 Å². The van der Waals surface area contributed by atoms with Gasteiger partial charge in [0.05, 0.1) is 12.1 Å². The van der Waals surface area contributed by atoms with E-state index in [1.165, 1.54) is 0 Å². The molecule has 0 bridgehead atoms. The lowest BCUT2D eigenvalue weighted by Gasteiger charge is -2.30. The smallest absolute Gasteiger partial charge is 0.288 e.